The first-order valence-electron chi connectivity index (χ1n) is 8.58. The number of sulfonamides is 1. The van der Waals surface area contributed by atoms with Gasteiger partial charge in [0.25, 0.3) is 0 Å². The molecule has 0 unspecified atom stereocenters. The van der Waals surface area contributed by atoms with E-state index < -0.39 is 25.9 Å². The Hall–Kier alpha value is -3.28. The molecule has 11 heteroatoms. The zero-order valence-corrected chi connectivity index (χ0v) is 17.2. The van der Waals surface area contributed by atoms with Crippen molar-refractivity contribution >= 4 is 31.6 Å². The fraction of sp³-hybridized carbons (Fsp3) is 0.0526. The van der Waals surface area contributed by atoms with Crippen LogP contribution in [0.3, 0.4) is 0 Å². The Balaban J connectivity index is 1.71. The highest BCUT2D eigenvalue weighted by Crippen LogP contribution is 2.24. The van der Waals surface area contributed by atoms with Crippen LogP contribution in [-0.2, 0) is 26.4 Å². The Morgan fingerprint density at radius 1 is 0.900 bits per heavy atom. The van der Waals surface area contributed by atoms with E-state index in [0.29, 0.717) is 5.69 Å². The lowest BCUT2D eigenvalue weighted by Gasteiger charge is -2.09. The molecule has 1 aromatic heterocycles. The first-order chi connectivity index (χ1) is 14.2. The number of anilines is 1. The van der Waals surface area contributed by atoms with Crippen molar-refractivity contribution in [2.45, 2.75) is 21.2 Å². The summed E-state index contributed by atoms with van der Waals surface area (Å²) in [7, 11) is -8.00. The maximum atomic E-state index is 12.8. The molecule has 0 spiro atoms. The Kier molecular flexibility index (Phi) is 6.15. The van der Waals surface area contributed by atoms with E-state index in [1.807, 2.05) is 6.07 Å². The molecule has 1 heterocycles. The van der Waals surface area contributed by atoms with Crippen LogP contribution in [0.2, 0.25) is 0 Å². The molecule has 4 N–H and O–H groups in total. The molecular formula is C19H18N4O5S2. The molecule has 2 amide bonds. The highest BCUT2D eigenvalue weighted by molar-refractivity contribution is 7.91. The molecule has 0 fully saturated rings. The van der Waals surface area contributed by atoms with Gasteiger partial charge in [-0.3, -0.25) is 4.98 Å². The van der Waals surface area contributed by atoms with Crippen LogP contribution in [0.5, 0.6) is 0 Å². The van der Waals surface area contributed by atoms with E-state index in [0.717, 1.165) is 11.6 Å². The van der Waals surface area contributed by atoms with Crippen LogP contribution in [0.4, 0.5) is 10.5 Å². The van der Waals surface area contributed by atoms with E-state index in [1.54, 1.807) is 18.5 Å². The molecule has 156 valence electrons. The third kappa shape index (κ3) is 5.20. The fourth-order valence-electron chi connectivity index (χ4n) is 2.53. The molecule has 0 saturated carbocycles. The van der Waals surface area contributed by atoms with Crippen molar-refractivity contribution < 1.29 is 21.6 Å². The van der Waals surface area contributed by atoms with E-state index in [1.165, 1.54) is 42.5 Å². The zero-order chi connectivity index (χ0) is 21.8. The molecule has 2 aromatic carbocycles. The van der Waals surface area contributed by atoms with Crippen LogP contribution in [0.1, 0.15) is 5.56 Å². The third-order valence-electron chi connectivity index (χ3n) is 4.04. The second kappa shape index (κ2) is 8.61. The lowest BCUT2D eigenvalue weighted by Crippen LogP contribution is -2.28. The molecule has 0 bridgehead atoms. The lowest BCUT2D eigenvalue weighted by atomic mass is 10.3. The van der Waals surface area contributed by atoms with Crippen molar-refractivity contribution in [3.8, 4) is 0 Å². The Labute approximate surface area is 173 Å². The van der Waals surface area contributed by atoms with Gasteiger partial charge in [-0.2, -0.15) is 0 Å². The summed E-state index contributed by atoms with van der Waals surface area (Å²) in [4.78, 5) is 15.4. The summed E-state index contributed by atoms with van der Waals surface area (Å²) in [6.45, 7) is 0.284. The molecule has 0 aliphatic rings. The van der Waals surface area contributed by atoms with Gasteiger partial charge in [-0.05, 0) is 54.1 Å². The summed E-state index contributed by atoms with van der Waals surface area (Å²) >= 11 is 0. The maximum absolute atomic E-state index is 12.8. The van der Waals surface area contributed by atoms with Gasteiger partial charge < -0.3 is 10.6 Å². The number of urea groups is 1. The number of primary sulfonamides is 1. The minimum atomic E-state index is -4.04. The molecule has 0 aliphatic heterocycles. The average Bonchev–Trinajstić information content (AvgIpc) is 2.73. The van der Waals surface area contributed by atoms with Gasteiger partial charge in [-0.25, -0.2) is 26.8 Å². The van der Waals surface area contributed by atoms with Gasteiger partial charge >= 0.3 is 6.03 Å². The number of carbonyl (C=O) groups is 1. The Bertz CT molecular complexity index is 1260. The predicted molar refractivity (Wildman–Crippen MR) is 110 cm³/mol. The fourth-order valence-corrected chi connectivity index (χ4v) is 4.47. The lowest BCUT2D eigenvalue weighted by molar-refractivity contribution is 0.251. The van der Waals surface area contributed by atoms with Crippen molar-refractivity contribution in [3.63, 3.8) is 0 Å². The maximum Gasteiger partial charge on any atom is 0.319 e. The number of hydrogen-bond donors (Lipinski definition) is 3. The monoisotopic (exact) mass is 446 g/mol. The molecule has 0 saturated heterocycles. The molecular weight excluding hydrogens is 428 g/mol. The summed E-state index contributed by atoms with van der Waals surface area (Å²) in [5.74, 6) is 0. The normalized spacial score (nSPS) is 11.6. The first-order valence-corrected chi connectivity index (χ1v) is 11.6. The molecule has 0 atom stereocenters. The minimum absolute atomic E-state index is 0.0598. The number of sulfone groups is 1. The second-order valence-corrected chi connectivity index (χ2v) is 9.73. The van der Waals surface area contributed by atoms with E-state index in [4.69, 9.17) is 5.14 Å². The summed E-state index contributed by atoms with van der Waals surface area (Å²) in [5.41, 5.74) is 1.21. The van der Waals surface area contributed by atoms with Gasteiger partial charge in [0, 0.05) is 24.6 Å². The van der Waals surface area contributed by atoms with E-state index in [2.05, 4.69) is 15.6 Å². The van der Waals surface area contributed by atoms with Crippen LogP contribution in [-0.4, -0.2) is 27.9 Å². The number of nitrogens with zero attached hydrogens (tertiary/aromatic N) is 1. The van der Waals surface area contributed by atoms with E-state index >= 15 is 0 Å². The Morgan fingerprint density at radius 3 is 2.23 bits per heavy atom. The number of aromatic nitrogens is 1. The van der Waals surface area contributed by atoms with Crippen molar-refractivity contribution in [1.82, 2.24) is 10.3 Å². The summed E-state index contributed by atoms with van der Waals surface area (Å²) in [6, 6.07) is 13.4. The highest BCUT2D eigenvalue weighted by Gasteiger charge is 2.20. The van der Waals surface area contributed by atoms with Gasteiger partial charge in [0.05, 0.1) is 14.7 Å². The third-order valence-corrected chi connectivity index (χ3v) is 6.72. The SMILES string of the molecule is NS(=O)(=O)c1cccc(S(=O)(=O)c2ccc(NC(=O)NCc3cccnc3)cc2)c1. The molecule has 30 heavy (non-hydrogen) atoms. The number of amides is 2. The van der Waals surface area contributed by atoms with Gasteiger partial charge in [0.15, 0.2) is 0 Å². The number of hydrogen-bond acceptors (Lipinski definition) is 6. The molecule has 9 nitrogen and oxygen atoms in total. The average molecular weight is 447 g/mol. The van der Waals surface area contributed by atoms with Crippen molar-refractivity contribution in [1.29, 1.82) is 0 Å². The molecule has 3 rings (SSSR count). The van der Waals surface area contributed by atoms with Gasteiger partial charge in [0.1, 0.15) is 0 Å². The number of nitrogens with one attached hydrogen (secondary N) is 2. The van der Waals surface area contributed by atoms with E-state index in [-0.39, 0.29) is 21.2 Å². The van der Waals surface area contributed by atoms with Crippen molar-refractivity contribution in [2.24, 2.45) is 5.14 Å². The number of carbonyl (C=O) groups excluding carboxylic acids is 1. The minimum Gasteiger partial charge on any atom is -0.334 e. The molecule has 3 aromatic rings. The van der Waals surface area contributed by atoms with Crippen LogP contribution < -0.4 is 15.8 Å². The van der Waals surface area contributed by atoms with Gasteiger partial charge in [0.2, 0.25) is 19.9 Å². The van der Waals surface area contributed by atoms with Gasteiger partial charge in [-0.1, -0.05) is 12.1 Å². The van der Waals surface area contributed by atoms with Crippen LogP contribution in [0, 0.1) is 0 Å². The van der Waals surface area contributed by atoms with Crippen molar-refractivity contribution in [3.05, 3.63) is 78.6 Å². The van der Waals surface area contributed by atoms with Crippen molar-refractivity contribution in [2.75, 3.05) is 5.32 Å². The van der Waals surface area contributed by atoms with Crippen LogP contribution in [0.25, 0.3) is 0 Å². The summed E-state index contributed by atoms with van der Waals surface area (Å²) in [6.07, 6.45) is 3.26. The highest BCUT2D eigenvalue weighted by atomic mass is 32.2. The number of pyridine rings is 1. The molecule has 0 aliphatic carbocycles. The molecule has 0 radical (unpaired) electrons. The standard InChI is InChI=1S/C19H18N4O5S2/c20-30(27,28)18-5-1-4-17(11-18)29(25,26)16-8-6-15(7-9-16)23-19(24)22-13-14-3-2-10-21-12-14/h1-12H,13H2,(H2,20,27,28)(H2,22,23,24). The quantitative estimate of drug-likeness (QED) is 0.526. The number of benzene rings is 2. The number of nitrogens with two attached hydrogens (primary N) is 1. The van der Waals surface area contributed by atoms with Crippen LogP contribution in [0.15, 0.2) is 87.7 Å². The number of rotatable bonds is 6. The van der Waals surface area contributed by atoms with E-state index in [9.17, 15) is 21.6 Å². The Morgan fingerprint density at radius 2 is 1.60 bits per heavy atom. The largest absolute Gasteiger partial charge is 0.334 e. The zero-order valence-electron chi connectivity index (χ0n) is 15.5. The predicted octanol–water partition coefficient (Wildman–Crippen LogP) is 1.88. The topological polar surface area (TPSA) is 148 Å². The smallest absolute Gasteiger partial charge is 0.319 e. The van der Waals surface area contributed by atoms with Crippen LogP contribution >= 0.6 is 0 Å². The second-order valence-electron chi connectivity index (χ2n) is 6.22. The summed E-state index contributed by atoms with van der Waals surface area (Å²) in [5, 5.41) is 10.3. The summed E-state index contributed by atoms with van der Waals surface area (Å²) < 4.78 is 48.5. The first kappa shape index (κ1) is 21.4. The van der Waals surface area contributed by atoms with Gasteiger partial charge in [-0.15, -0.1) is 0 Å².